The summed E-state index contributed by atoms with van der Waals surface area (Å²) < 4.78 is 5.13. The fourth-order valence-corrected chi connectivity index (χ4v) is 2.85. The van der Waals surface area contributed by atoms with Gasteiger partial charge in [0.2, 0.25) is 0 Å². The van der Waals surface area contributed by atoms with Gasteiger partial charge in [-0.25, -0.2) is 14.8 Å². The van der Waals surface area contributed by atoms with Crippen LogP contribution >= 0.6 is 11.6 Å². The zero-order valence-electron chi connectivity index (χ0n) is 15.0. The molecule has 2 heterocycles. The Morgan fingerprint density at radius 3 is 2.71 bits per heavy atom. The number of carbonyl (C=O) groups excluding carboxylic acids is 1. The number of non-ortho nitro benzene ring substituents is 1. The standard InChI is InChI=1S/C19H15ClN4O4/c1-3-28-19(25)16-11(2)22-18(12-5-4-8-21-10-12)23-17(16)14-9-13(24(26)27)6-7-15(14)20/h4-10H,3H2,1-2H3. The van der Waals surface area contributed by atoms with Crippen molar-refractivity contribution in [2.75, 3.05) is 6.61 Å². The lowest BCUT2D eigenvalue weighted by Crippen LogP contribution is -2.12. The van der Waals surface area contributed by atoms with E-state index in [2.05, 4.69) is 15.0 Å². The van der Waals surface area contributed by atoms with Crippen molar-refractivity contribution in [3.05, 3.63) is 69.1 Å². The van der Waals surface area contributed by atoms with Crippen LogP contribution in [0.3, 0.4) is 0 Å². The molecule has 142 valence electrons. The molecule has 8 nitrogen and oxygen atoms in total. The summed E-state index contributed by atoms with van der Waals surface area (Å²) in [6.07, 6.45) is 3.19. The molecular weight excluding hydrogens is 384 g/mol. The van der Waals surface area contributed by atoms with Gasteiger partial charge in [0.15, 0.2) is 5.82 Å². The number of aryl methyl sites for hydroxylation is 1. The van der Waals surface area contributed by atoms with Crippen LogP contribution in [0.2, 0.25) is 5.02 Å². The van der Waals surface area contributed by atoms with Crippen LogP contribution in [0, 0.1) is 17.0 Å². The van der Waals surface area contributed by atoms with Crippen LogP contribution < -0.4 is 0 Å². The molecule has 9 heteroatoms. The number of halogens is 1. The Bertz CT molecular complexity index is 1060. The molecule has 0 bridgehead atoms. The van der Waals surface area contributed by atoms with Crippen molar-refractivity contribution >= 4 is 23.3 Å². The summed E-state index contributed by atoms with van der Waals surface area (Å²) >= 11 is 6.29. The first-order chi connectivity index (χ1) is 13.4. The number of esters is 1. The van der Waals surface area contributed by atoms with Crippen LogP contribution in [0.1, 0.15) is 23.0 Å². The molecule has 0 aliphatic carbocycles. The molecule has 2 aromatic heterocycles. The van der Waals surface area contributed by atoms with Crippen molar-refractivity contribution in [2.45, 2.75) is 13.8 Å². The van der Waals surface area contributed by atoms with E-state index < -0.39 is 10.9 Å². The van der Waals surface area contributed by atoms with Crippen molar-refractivity contribution in [2.24, 2.45) is 0 Å². The predicted molar refractivity (Wildman–Crippen MR) is 103 cm³/mol. The Morgan fingerprint density at radius 1 is 1.29 bits per heavy atom. The van der Waals surface area contributed by atoms with Gasteiger partial charge in [-0.1, -0.05) is 11.6 Å². The molecule has 0 saturated heterocycles. The van der Waals surface area contributed by atoms with Crippen LogP contribution in [-0.2, 0) is 4.74 Å². The zero-order valence-corrected chi connectivity index (χ0v) is 15.8. The first-order valence-electron chi connectivity index (χ1n) is 8.32. The molecule has 0 aliphatic heterocycles. The van der Waals surface area contributed by atoms with Crippen molar-refractivity contribution in [1.29, 1.82) is 0 Å². The summed E-state index contributed by atoms with van der Waals surface area (Å²) in [6, 6.07) is 7.45. The number of benzene rings is 1. The normalized spacial score (nSPS) is 10.5. The van der Waals surface area contributed by atoms with Crippen molar-refractivity contribution < 1.29 is 14.5 Å². The van der Waals surface area contributed by atoms with Gasteiger partial charge in [0.1, 0.15) is 5.56 Å². The third-order valence-corrected chi connectivity index (χ3v) is 4.23. The number of nitrogens with zero attached hydrogens (tertiary/aromatic N) is 4. The van der Waals surface area contributed by atoms with E-state index >= 15 is 0 Å². The smallest absolute Gasteiger partial charge is 0.342 e. The second-order valence-corrected chi connectivity index (χ2v) is 6.15. The van der Waals surface area contributed by atoms with Crippen molar-refractivity contribution in [3.8, 4) is 22.6 Å². The number of carbonyl (C=O) groups is 1. The highest BCUT2D eigenvalue weighted by molar-refractivity contribution is 6.33. The Balaban J connectivity index is 2.30. The van der Waals surface area contributed by atoms with Crippen LogP contribution in [0.5, 0.6) is 0 Å². The van der Waals surface area contributed by atoms with E-state index in [4.69, 9.17) is 16.3 Å². The van der Waals surface area contributed by atoms with E-state index in [9.17, 15) is 14.9 Å². The summed E-state index contributed by atoms with van der Waals surface area (Å²) in [5.41, 5.74) is 1.34. The molecule has 0 radical (unpaired) electrons. The minimum atomic E-state index is -0.629. The minimum absolute atomic E-state index is 0.108. The quantitative estimate of drug-likeness (QED) is 0.359. The Hall–Kier alpha value is -3.39. The summed E-state index contributed by atoms with van der Waals surface area (Å²) in [5, 5.41) is 11.4. The van der Waals surface area contributed by atoms with Gasteiger partial charge in [0.25, 0.3) is 5.69 Å². The molecule has 0 N–H and O–H groups in total. The molecule has 1 aromatic carbocycles. The van der Waals surface area contributed by atoms with Crippen LogP contribution in [-0.4, -0.2) is 32.5 Å². The highest BCUT2D eigenvalue weighted by Crippen LogP contribution is 2.34. The number of nitro groups is 1. The van der Waals surface area contributed by atoms with Crippen molar-refractivity contribution in [1.82, 2.24) is 15.0 Å². The van der Waals surface area contributed by atoms with Gasteiger partial charge in [-0.2, -0.15) is 0 Å². The molecule has 0 saturated carbocycles. The summed E-state index contributed by atoms with van der Waals surface area (Å²) in [4.78, 5) is 36.1. The summed E-state index contributed by atoms with van der Waals surface area (Å²) in [5.74, 6) is -0.313. The Kier molecular flexibility index (Phi) is 5.60. The average Bonchev–Trinajstić information content (AvgIpc) is 2.68. The lowest BCUT2D eigenvalue weighted by atomic mass is 10.0. The maximum absolute atomic E-state index is 12.5. The van der Waals surface area contributed by atoms with Crippen molar-refractivity contribution in [3.63, 3.8) is 0 Å². The average molecular weight is 399 g/mol. The summed E-state index contributed by atoms with van der Waals surface area (Å²) in [6.45, 7) is 3.48. The number of nitro benzene ring substituents is 1. The maximum Gasteiger partial charge on any atom is 0.342 e. The number of aromatic nitrogens is 3. The van der Waals surface area contributed by atoms with Gasteiger partial charge in [-0.05, 0) is 32.0 Å². The van der Waals surface area contributed by atoms with Crippen LogP contribution in [0.4, 0.5) is 5.69 Å². The molecule has 0 amide bonds. The highest BCUT2D eigenvalue weighted by atomic mass is 35.5. The highest BCUT2D eigenvalue weighted by Gasteiger charge is 2.24. The number of pyridine rings is 1. The van der Waals surface area contributed by atoms with Crippen LogP contribution in [0.25, 0.3) is 22.6 Å². The van der Waals surface area contributed by atoms with Gasteiger partial charge in [0, 0.05) is 35.7 Å². The largest absolute Gasteiger partial charge is 0.462 e. The molecular formula is C19H15ClN4O4. The van der Waals surface area contributed by atoms with E-state index in [0.29, 0.717) is 17.1 Å². The SMILES string of the molecule is CCOC(=O)c1c(C)nc(-c2cccnc2)nc1-c1cc([N+](=O)[O-])ccc1Cl. The molecule has 0 atom stereocenters. The molecule has 0 unspecified atom stereocenters. The number of hydrogen-bond donors (Lipinski definition) is 0. The zero-order chi connectivity index (χ0) is 20.3. The first-order valence-corrected chi connectivity index (χ1v) is 8.70. The van der Waals surface area contributed by atoms with Gasteiger partial charge >= 0.3 is 5.97 Å². The number of rotatable bonds is 5. The van der Waals surface area contributed by atoms with Gasteiger partial charge in [-0.15, -0.1) is 0 Å². The summed E-state index contributed by atoms with van der Waals surface area (Å²) in [7, 11) is 0. The molecule has 0 fully saturated rings. The van der Waals surface area contributed by atoms with Gasteiger partial charge < -0.3 is 4.74 Å². The van der Waals surface area contributed by atoms with E-state index in [1.807, 2.05) is 0 Å². The third kappa shape index (κ3) is 3.81. The monoisotopic (exact) mass is 398 g/mol. The molecule has 3 aromatic rings. The van der Waals surface area contributed by atoms with Gasteiger partial charge in [0.05, 0.1) is 27.9 Å². The lowest BCUT2D eigenvalue weighted by Gasteiger charge is -2.13. The molecule has 0 aliphatic rings. The molecule has 3 rings (SSSR count). The van der Waals surface area contributed by atoms with E-state index in [1.54, 1.807) is 38.4 Å². The Labute approximate surface area is 165 Å². The maximum atomic E-state index is 12.5. The fraction of sp³-hybridized carbons (Fsp3) is 0.158. The second kappa shape index (κ2) is 8.10. The van der Waals surface area contributed by atoms with E-state index in [0.717, 1.165) is 0 Å². The fourth-order valence-electron chi connectivity index (χ4n) is 2.65. The lowest BCUT2D eigenvalue weighted by molar-refractivity contribution is -0.384. The van der Waals surface area contributed by atoms with E-state index in [-0.39, 0.29) is 34.1 Å². The first kappa shape index (κ1) is 19.4. The Morgan fingerprint density at radius 2 is 2.07 bits per heavy atom. The molecule has 0 spiro atoms. The molecule has 28 heavy (non-hydrogen) atoms. The second-order valence-electron chi connectivity index (χ2n) is 5.74. The van der Waals surface area contributed by atoms with Gasteiger partial charge in [-0.3, -0.25) is 15.1 Å². The van der Waals surface area contributed by atoms with E-state index in [1.165, 1.54) is 18.2 Å². The van der Waals surface area contributed by atoms with Crippen LogP contribution in [0.15, 0.2) is 42.7 Å². The third-order valence-electron chi connectivity index (χ3n) is 3.91. The number of hydrogen-bond acceptors (Lipinski definition) is 7. The number of ether oxygens (including phenoxy) is 1. The topological polar surface area (TPSA) is 108 Å². The predicted octanol–water partition coefficient (Wildman–Crippen LogP) is 4.25. The minimum Gasteiger partial charge on any atom is -0.462 e.